The number of allylic oxidation sites excluding steroid dienone is 2. The van der Waals surface area contributed by atoms with Crippen LogP contribution >= 0.6 is 7.82 Å². The molecular weight excluding hydrogens is 629 g/mol. The van der Waals surface area contributed by atoms with Crippen LogP contribution in [0.1, 0.15) is 168 Å². The second-order valence-electron chi connectivity index (χ2n) is 14.3. The molecule has 0 amide bonds. The van der Waals surface area contributed by atoms with Gasteiger partial charge >= 0.3 is 11.9 Å². The number of unbranched alkanes of at least 4 members (excludes halogenated alkanes) is 19. The Balaban J connectivity index is 4.45. The normalized spacial score (nSPS) is 13.9. The fourth-order valence-electron chi connectivity index (χ4n) is 5.20. The molecule has 0 aromatic carbocycles. The van der Waals surface area contributed by atoms with Crippen molar-refractivity contribution in [3.63, 3.8) is 0 Å². The minimum atomic E-state index is -4.62. The molecule has 48 heavy (non-hydrogen) atoms. The molecular formula is C38H74NO8P. The highest BCUT2D eigenvalue weighted by Crippen LogP contribution is 2.38. The van der Waals surface area contributed by atoms with Crippen molar-refractivity contribution in [2.45, 2.75) is 174 Å². The molecule has 0 bridgehead atoms. The summed E-state index contributed by atoms with van der Waals surface area (Å²) >= 11 is 0. The molecule has 0 heterocycles. The van der Waals surface area contributed by atoms with E-state index in [4.69, 9.17) is 18.5 Å². The number of hydrogen-bond acceptors (Lipinski definition) is 8. The minimum absolute atomic E-state index is 0.0337. The Labute approximate surface area is 295 Å². The number of nitrogens with zero attached hydrogens (tertiary/aromatic N) is 1. The molecule has 0 aromatic heterocycles. The van der Waals surface area contributed by atoms with E-state index in [2.05, 4.69) is 19.9 Å². The molecule has 284 valence electrons. The van der Waals surface area contributed by atoms with Crippen molar-refractivity contribution in [1.82, 2.24) is 0 Å². The minimum Gasteiger partial charge on any atom is -0.756 e. The van der Waals surface area contributed by atoms with Gasteiger partial charge in [0.2, 0.25) is 0 Å². The van der Waals surface area contributed by atoms with E-state index in [-0.39, 0.29) is 26.1 Å². The topological polar surface area (TPSA) is 111 Å². The lowest BCUT2D eigenvalue weighted by Crippen LogP contribution is -2.37. The van der Waals surface area contributed by atoms with Crippen LogP contribution < -0.4 is 4.89 Å². The van der Waals surface area contributed by atoms with E-state index in [0.29, 0.717) is 17.4 Å². The van der Waals surface area contributed by atoms with Crippen LogP contribution in [0.4, 0.5) is 0 Å². The van der Waals surface area contributed by atoms with Crippen molar-refractivity contribution >= 4 is 19.8 Å². The van der Waals surface area contributed by atoms with E-state index in [0.717, 1.165) is 32.1 Å². The van der Waals surface area contributed by atoms with Gasteiger partial charge in [-0.2, -0.15) is 0 Å². The van der Waals surface area contributed by atoms with Crippen LogP contribution in [-0.2, 0) is 32.7 Å². The molecule has 0 aliphatic heterocycles. The van der Waals surface area contributed by atoms with E-state index < -0.39 is 32.5 Å². The van der Waals surface area contributed by atoms with Crippen LogP contribution in [0.2, 0.25) is 0 Å². The Morgan fingerprint density at radius 2 is 1.10 bits per heavy atom. The van der Waals surface area contributed by atoms with E-state index in [9.17, 15) is 19.0 Å². The number of ether oxygens (including phenoxy) is 2. The molecule has 0 radical (unpaired) electrons. The van der Waals surface area contributed by atoms with Crippen LogP contribution in [0.25, 0.3) is 0 Å². The van der Waals surface area contributed by atoms with Crippen LogP contribution in [0.5, 0.6) is 0 Å². The zero-order chi connectivity index (χ0) is 35.8. The molecule has 10 heteroatoms. The number of quaternary nitrogens is 1. The number of carbonyl (C=O) groups excluding carboxylic acids is 2. The maximum atomic E-state index is 12.6. The van der Waals surface area contributed by atoms with Gasteiger partial charge in [-0.1, -0.05) is 142 Å². The van der Waals surface area contributed by atoms with Gasteiger partial charge in [-0.05, 0) is 25.7 Å². The molecule has 0 fully saturated rings. The van der Waals surface area contributed by atoms with Crippen molar-refractivity contribution < 1.29 is 42.1 Å². The van der Waals surface area contributed by atoms with E-state index in [1.807, 2.05) is 27.2 Å². The second kappa shape index (κ2) is 31.7. The van der Waals surface area contributed by atoms with E-state index in [1.54, 1.807) is 0 Å². The molecule has 9 nitrogen and oxygen atoms in total. The summed E-state index contributed by atoms with van der Waals surface area (Å²) in [6.45, 7) is 4.16. The summed E-state index contributed by atoms with van der Waals surface area (Å²) in [6.07, 6.45) is 29.7. The molecule has 1 unspecified atom stereocenters. The standard InChI is InChI=1S/C38H74NO8P/c1-6-8-10-12-14-16-17-18-19-20-21-23-25-27-29-31-38(41)47-36(35-46-48(42,43)45-33-32-39(3,4)5)34-44-37(40)30-28-26-24-22-15-13-11-9-7-2/h25,27,36H,6-24,26,28-35H2,1-5H3/b27-25+/t36-/m1/s1. The molecule has 0 saturated carbocycles. The van der Waals surface area contributed by atoms with Gasteiger partial charge < -0.3 is 27.9 Å². The highest BCUT2D eigenvalue weighted by molar-refractivity contribution is 7.45. The van der Waals surface area contributed by atoms with Crippen LogP contribution in [0.15, 0.2) is 12.2 Å². The van der Waals surface area contributed by atoms with Gasteiger partial charge in [0.1, 0.15) is 19.8 Å². The van der Waals surface area contributed by atoms with Crippen molar-refractivity contribution in [2.75, 3.05) is 47.5 Å². The number of carbonyl (C=O) groups is 2. The largest absolute Gasteiger partial charge is 0.756 e. The van der Waals surface area contributed by atoms with E-state index in [1.165, 1.54) is 103 Å². The number of likely N-dealkylation sites (N-methyl/N-ethyl adjacent to an activating group) is 1. The summed E-state index contributed by atoms with van der Waals surface area (Å²) in [5, 5.41) is 0. The lowest BCUT2D eigenvalue weighted by molar-refractivity contribution is -0.870. The van der Waals surface area contributed by atoms with Crippen LogP contribution in [0, 0.1) is 0 Å². The monoisotopic (exact) mass is 704 g/mol. The molecule has 0 aromatic rings. The number of esters is 2. The summed E-state index contributed by atoms with van der Waals surface area (Å²) in [7, 11) is 1.15. The molecule has 0 aliphatic carbocycles. The summed E-state index contributed by atoms with van der Waals surface area (Å²) in [4.78, 5) is 37.2. The SMILES string of the molecule is CCCCCCCCCCCCC/C=C/CCC(=O)O[C@H](COC(=O)CCCCCCCCCCC)COP(=O)([O-])OCC[N+](C)(C)C. The van der Waals surface area contributed by atoms with Gasteiger partial charge in [0.15, 0.2) is 6.10 Å². The van der Waals surface area contributed by atoms with Gasteiger partial charge in [-0.15, -0.1) is 0 Å². The fourth-order valence-corrected chi connectivity index (χ4v) is 5.93. The Kier molecular flexibility index (Phi) is 30.9. The maximum Gasteiger partial charge on any atom is 0.306 e. The molecule has 0 rings (SSSR count). The third kappa shape index (κ3) is 34.6. The van der Waals surface area contributed by atoms with Gasteiger partial charge in [-0.3, -0.25) is 14.2 Å². The molecule has 0 spiro atoms. The molecule has 0 N–H and O–H groups in total. The second-order valence-corrected chi connectivity index (χ2v) is 15.7. The summed E-state index contributed by atoms with van der Waals surface area (Å²) < 4.78 is 33.6. The van der Waals surface area contributed by atoms with Crippen LogP contribution in [-0.4, -0.2) is 70.0 Å². The highest BCUT2D eigenvalue weighted by Gasteiger charge is 2.21. The molecule has 0 saturated heterocycles. The predicted octanol–water partition coefficient (Wildman–Crippen LogP) is 9.61. The van der Waals surface area contributed by atoms with Gasteiger partial charge in [0.25, 0.3) is 7.82 Å². The fraction of sp³-hybridized carbons (Fsp3) is 0.895. The number of hydrogen-bond donors (Lipinski definition) is 0. The molecule has 2 atom stereocenters. The highest BCUT2D eigenvalue weighted by atomic mass is 31.2. The van der Waals surface area contributed by atoms with Crippen molar-refractivity contribution in [3.05, 3.63) is 12.2 Å². The smallest absolute Gasteiger partial charge is 0.306 e. The van der Waals surface area contributed by atoms with Gasteiger partial charge in [-0.25, -0.2) is 0 Å². The third-order valence-electron chi connectivity index (χ3n) is 8.30. The Morgan fingerprint density at radius 1 is 0.625 bits per heavy atom. The summed E-state index contributed by atoms with van der Waals surface area (Å²) in [6, 6.07) is 0. The Morgan fingerprint density at radius 3 is 1.62 bits per heavy atom. The van der Waals surface area contributed by atoms with Crippen LogP contribution in [0.3, 0.4) is 0 Å². The zero-order valence-corrected chi connectivity index (χ0v) is 32.6. The number of rotatable bonds is 35. The number of phosphoric ester groups is 1. The first-order valence-corrected chi connectivity index (χ1v) is 20.9. The quantitative estimate of drug-likeness (QED) is 0.0211. The zero-order valence-electron chi connectivity index (χ0n) is 31.7. The first-order valence-electron chi connectivity index (χ1n) is 19.4. The third-order valence-corrected chi connectivity index (χ3v) is 9.26. The number of phosphoric acid groups is 1. The first-order chi connectivity index (χ1) is 23.0. The van der Waals surface area contributed by atoms with E-state index >= 15 is 0 Å². The van der Waals surface area contributed by atoms with Gasteiger partial charge in [0.05, 0.1) is 27.7 Å². The summed E-state index contributed by atoms with van der Waals surface area (Å²) in [5.74, 6) is -0.890. The average molecular weight is 704 g/mol. The Bertz CT molecular complexity index is 845. The predicted molar refractivity (Wildman–Crippen MR) is 195 cm³/mol. The van der Waals surface area contributed by atoms with Gasteiger partial charge in [0, 0.05) is 12.8 Å². The summed E-state index contributed by atoms with van der Waals surface area (Å²) in [5.41, 5.74) is 0. The lowest BCUT2D eigenvalue weighted by atomic mass is 10.1. The average Bonchev–Trinajstić information content (AvgIpc) is 3.02. The van der Waals surface area contributed by atoms with Crippen molar-refractivity contribution in [2.24, 2.45) is 0 Å². The maximum absolute atomic E-state index is 12.6. The Hall–Kier alpha value is -1.25. The lowest BCUT2D eigenvalue weighted by Gasteiger charge is -2.28. The molecule has 0 aliphatic rings. The first kappa shape index (κ1) is 46.8. The van der Waals surface area contributed by atoms with Crippen molar-refractivity contribution in [3.8, 4) is 0 Å². The van der Waals surface area contributed by atoms with Crippen molar-refractivity contribution in [1.29, 1.82) is 0 Å².